The van der Waals surface area contributed by atoms with Gasteiger partial charge in [0.05, 0.1) is 0 Å². The van der Waals surface area contributed by atoms with E-state index in [1.54, 1.807) is 11.8 Å². The molecule has 0 aliphatic heterocycles. The highest BCUT2D eigenvalue weighted by atomic mass is 32.2. The lowest BCUT2D eigenvalue weighted by Crippen LogP contribution is -2.16. The van der Waals surface area contributed by atoms with Crippen molar-refractivity contribution in [3.05, 3.63) is 11.0 Å². The number of hydrogen-bond acceptors (Lipinski definition) is 2. The molecule has 1 aliphatic rings. The summed E-state index contributed by atoms with van der Waals surface area (Å²) < 4.78 is 0.983. The molecule has 0 spiro atoms. The largest absolute Gasteiger partial charge is 0.363 e. The Hall–Kier alpha value is -0.0200. The van der Waals surface area contributed by atoms with E-state index in [9.17, 15) is 0 Å². The molecule has 0 heterocycles. The van der Waals surface area contributed by atoms with Crippen molar-refractivity contribution < 1.29 is 0 Å². The summed E-state index contributed by atoms with van der Waals surface area (Å²) in [4.78, 5) is 3.49. The molecule has 0 saturated carbocycles. The van der Waals surface area contributed by atoms with E-state index in [0.717, 1.165) is 4.32 Å². The molecule has 1 nitrogen and oxygen atoms in total. The molecule has 0 N–H and O–H groups in total. The Morgan fingerprint density at radius 3 is 2.71 bits per heavy atom. The predicted octanol–water partition coefficient (Wildman–Crippen LogP) is 3.80. The Bertz CT molecular complexity index is 221. The molecule has 14 heavy (non-hydrogen) atoms. The molecule has 0 amide bonds. The van der Waals surface area contributed by atoms with Gasteiger partial charge in [0.1, 0.15) is 4.32 Å². The second-order valence-electron chi connectivity index (χ2n) is 3.89. The second-order valence-corrected chi connectivity index (χ2v) is 5.65. The van der Waals surface area contributed by atoms with Gasteiger partial charge in [0.2, 0.25) is 0 Å². The van der Waals surface area contributed by atoms with Crippen LogP contribution in [-0.4, -0.2) is 23.3 Å². The van der Waals surface area contributed by atoms with Gasteiger partial charge in [-0.3, -0.25) is 0 Å². The molecule has 0 radical (unpaired) electrons. The van der Waals surface area contributed by atoms with E-state index in [1.165, 1.54) is 43.4 Å². The minimum absolute atomic E-state index is 0.983. The van der Waals surface area contributed by atoms with Crippen LogP contribution in [0, 0.1) is 0 Å². The van der Waals surface area contributed by atoms with Gasteiger partial charge in [0, 0.05) is 14.1 Å². The summed E-state index contributed by atoms with van der Waals surface area (Å²) in [7, 11) is 4.03. The highest BCUT2D eigenvalue weighted by molar-refractivity contribution is 8.25. The minimum Gasteiger partial charge on any atom is -0.363 e. The van der Waals surface area contributed by atoms with Crippen molar-refractivity contribution in [3.63, 3.8) is 0 Å². The zero-order valence-corrected chi connectivity index (χ0v) is 10.7. The molecular formula is C11H19NS2. The van der Waals surface area contributed by atoms with E-state index in [2.05, 4.69) is 6.08 Å². The van der Waals surface area contributed by atoms with Crippen LogP contribution in [0.2, 0.25) is 0 Å². The lowest BCUT2D eigenvalue weighted by molar-refractivity contribution is 0.634. The maximum atomic E-state index is 5.28. The fourth-order valence-corrected chi connectivity index (χ4v) is 2.63. The van der Waals surface area contributed by atoms with Crippen molar-refractivity contribution in [2.75, 3.05) is 14.1 Å². The molecule has 3 heteroatoms. The van der Waals surface area contributed by atoms with E-state index >= 15 is 0 Å². The normalized spacial score (nSPS) is 18.0. The zero-order valence-electron chi connectivity index (χ0n) is 9.08. The molecule has 0 saturated heterocycles. The first-order chi connectivity index (χ1) is 6.70. The standard InChI is InChI=1S/C11H19NS2/c1-12(2)11(13)14-10-8-6-4-3-5-7-9-10/h8H,3-7,9H2,1-2H3. The molecule has 0 aromatic heterocycles. The van der Waals surface area contributed by atoms with E-state index in [-0.39, 0.29) is 0 Å². The highest BCUT2D eigenvalue weighted by Crippen LogP contribution is 2.27. The summed E-state index contributed by atoms with van der Waals surface area (Å²) in [5.74, 6) is 0. The van der Waals surface area contributed by atoms with E-state index < -0.39 is 0 Å². The third kappa shape index (κ3) is 4.47. The Morgan fingerprint density at radius 1 is 1.29 bits per heavy atom. The summed E-state index contributed by atoms with van der Waals surface area (Å²) in [5.41, 5.74) is 0. The monoisotopic (exact) mass is 229 g/mol. The summed E-state index contributed by atoms with van der Waals surface area (Å²) in [5, 5.41) is 0. The van der Waals surface area contributed by atoms with Gasteiger partial charge < -0.3 is 4.90 Å². The fourth-order valence-electron chi connectivity index (χ4n) is 1.46. The molecule has 1 rings (SSSR count). The Labute approximate surface area is 96.9 Å². The molecule has 80 valence electrons. The average molecular weight is 229 g/mol. The first kappa shape index (κ1) is 12.1. The van der Waals surface area contributed by atoms with Gasteiger partial charge in [0.25, 0.3) is 0 Å². The van der Waals surface area contributed by atoms with Gasteiger partial charge in [0.15, 0.2) is 0 Å². The molecule has 0 unspecified atom stereocenters. The third-order valence-corrected chi connectivity index (χ3v) is 4.12. The topological polar surface area (TPSA) is 3.24 Å². The lowest BCUT2D eigenvalue weighted by atomic mass is 10.1. The summed E-state index contributed by atoms with van der Waals surface area (Å²) >= 11 is 7.05. The van der Waals surface area contributed by atoms with Crippen LogP contribution in [0.15, 0.2) is 11.0 Å². The van der Waals surface area contributed by atoms with Crippen molar-refractivity contribution in [1.82, 2.24) is 4.90 Å². The maximum Gasteiger partial charge on any atom is 0.140 e. The highest BCUT2D eigenvalue weighted by Gasteiger charge is 2.06. The summed E-state index contributed by atoms with van der Waals surface area (Å²) in [6.07, 6.45) is 10.3. The van der Waals surface area contributed by atoms with Crippen LogP contribution in [0.1, 0.15) is 38.5 Å². The van der Waals surface area contributed by atoms with Crippen LogP contribution in [-0.2, 0) is 0 Å². The second kappa shape index (κ2) is 6.46. The van der Waals surface area contributed by atoms with E-state index in [0.29, 0.717) is 0 Å². The number of allylic oxidation sites excluding steroid dienone is 2. The number of hydrogen-bond donors (Lipinski definition) is 0. The van der Waals surface area contributed by atoms with Gasteiger partial charge in [-0.1, -0.05) is 42.9 Å². The Morgan fingerprint density at radius 2 is 2.00 bits per heavy atom. The smallest absolute Gasteiger partial charge is 0.140 e. The molecule has 1 aliphatic carbocycles. The molecule has 0 atom stereocenters. The molecule has 0 bridgehead atoms. The zero-order chi connectivity index (χ0) is 10.4. The number of nitrogens with zero attached hydrogens (tertiary/aromatic N) is 1. The van der Waals surface area contributed by atoms with Gasteiger partial charge in [-0.15, -0.1) is 0 Å². The Balaban J connectivity index is 2.44. The Kier molecular flexibility index (Phi) is 5.56. The van der Waals surface area contributed by atoms with Gasteiger partial charge >= 0.3 is 0 Å². The van der Waals surface area contributed by atoms with Crippen LogP contribution in [0.25, 0.3) is 0 Å². The first-order valence-electron chi connectivity index (χ1n) is 5.28. The number of thiocarbonyl (C=S) groups is 1. The minimum atomic E-state index is 0.983. The number of thioether (sulfide) groups is 1. The van der Waals surface area contributed by atoms with Crippen molar-refractivity contribution in [3.8, 4) is 0 Å². The van der Waals surface area contributed by atoms with Crippen molar-refractivity contribution in [1.29, 1.82) is 0 Å². The van der Waals surface area contributed by atoms with Crippen molar-refractivity contribution in [2.24, 2.45) is 0 Å². The van der Waals surface area contributed by atoms with Crippen LogP contribution < -0.4 is 0 Å². The molecule has 0 fully saturated rings. The van der Waals surface area contributed by atoms with Crippen LogP contribution in [0.5, 0.6) is 0 Å². The quantitative estimate of drug-likeness (QED) is 0.630. The van der Waals surface area contributed by atoms with Crippen LogP contribution >= 0.6 is 24.0 Å². The van der Waals surface area contributed by atoms with Gasteiger partial charge in [-0.25, -0.2) is 0 Å². The van der Waals surface area contributed by atoms with Crippen LogP contribution in [0.4, 0.5) is 0 Å². The molecular weight excluding hydrogens is 210 g/mol. The molecule has 0 aromatic rings. The average Bonchev–Trinajstić information content (AvgIpc) is 2.08. The molecule has 0 aromatic carbocycles. The predicted molar refractivity (Wildman–Crippen MR) is 69.7 cm³/mol. The summed E-state index contributed by atoms with van der Waals surface area (Å²) in [6, 6.07) is 0. The lowest BCUT2D eigenvalue weighted by Gasteiger charge is -2.16. The first-order valence-corrected chi connectivity index (χ1v) is 6.51. The van der Waals surface area contributed by atoms with E-state index in [4.69, 9.17) is 12.2 Å². The van der Waals surface area contributed by atoms with Crippen LogP contribution in [0.3, 0.4) is 0 Å². The SMILES string of the molecule is CN(C)C(=S)SC1=CCCCCCC1. The maximum absolute atomic E-state index is 5.28. The fraction of sp³-hybridized carbons (Fsp3) is 0.727. The van der Waals surface area contributed by atoms with Gasteiger partial charge in [-0.2, -0.15) is 0 Å². The third-order valence-electron chi connectivity index (χ3n) is 2.33. The van der Waals surface area contributed by atoms with Crippen molar-refractivity contribution >= 4 is 28.3 Å². The summed E-state index contributed by atoms with van der Waals surface area (Å²) in [6.45, 7) is 0. The number of rotatable bonds is 1. The van der Waals surface area contributed by atoms with Gasteiger partial charge in [-0.05, 0) is 30.6 Å². The van der Waals surface area contributed by atoms with Crippen molar-refractivity contribution in [2.45, 2.75) is 38.5 Å². The van der Waals surface area contributed by atoms with E-state index in [1.807, 2.05) is 19.0 Å².